The maximum atomic E-state index is 11.9. The number of esters is 1. The Labute approximate surface area is 106 Å². The number of rotatable bonds is 3. The number of nitrogens with zero attached hydrogens (tertiary/aromatic N) is 1. The Bertz CT molecular complexity index is 473. The number of hydrogen-bond acceptors (Lipinski definition) is 4. The summed E-state index contributed by atoms with van der Waals surface area (Å²) in [5.74, 6) is -0.426. The molecule has 1 aromatic carbocycles. The van der Waals surface area contributed by atoms with Gasteiger partial charge in [0, 0.05) is 17.8 Å². The van der Waals surface area contributed by atoms with Crippen LogP contribution in [0.3, 0.4) is 0 Å². The van der Waals surface area contributed by atoms with Crippen LogP contribution in [-0.4, -0.2) is 24.5 Å². The van der Waals surface area contributed by atoms with E-state index in [2.05, 4.69) is 0 Å². The predicted molar refractivity (Wildman–Crippen MR) is 68.0 cm³/mol. The van der Waals surface area contributed by atoms with Crippen LogP contribution in [0.2, 0.25) is 0 Å². The molecule has 2 rings (SSSR count). The molecule has 1 saturated heterocycles. The van der Waals surface area contributed by atoms with Crippen molar-refractivity contribution in [1.29, 1.82) is 0 Å². The number of nitrogen functional groups attached to an aromatic ring is 1. The van der Waals surface area contributed by atoms with Crippen LogP contribution in [0, 0.1) is 0 Å². The second-order valence-corrected chi connectivity index (χ2v) is 4.17. The summed E-state index contributed by atoms with van der Waals surface area (Å²) in [6.45, 7) is 2.06. The molecule has 0 aromatic heterocycles. The minimum atomic E-state index is -0.528. The molecule has 1 fully saturated rings. The number of benzene rings is 1. The van der Waals surface area contributed by atoms with Crippen LogP contribution in [0.4, 0.5) is 11.4 Å². The van der Waals surface area contributed by atoms with E-state index in [0.717, 1.165) is 0 Å². The molecule has 1 heterocycles. The quantitative estimate of drug-likeness (QED) is 0.647. The Balaban J connectivity index is 2.28. The number of carbonyl (C=O) groups excluding carboxylic acids is 2. The first-order chi connectivity index (χ1) is 8.63. The van der Waals surface area contributed by atoms with Crippen LogP contribution in [0.5, 0.6) is 0 Å². The van der Waals surface area contributed by atoms with Crippen molar-refractivity contribution in [2.45, 2.75) is 25.8 Å². The molecule has 5 heteroatoms. The highest BCUT2D eigenvalue weighted by Gasteiger charge is 2.38. The second-order valence-electron chi connectivity index (χ2n) is 4.17. The Kier molecular flexibility index (Phi) is 3.50. The van der Waals surface area contributed by atoms with Gasteiger partial charge in [0.25, 0.3) is 0 Å². The topological polar surface area (TPSA) is 72.6 Å². The molecule has 0 bridgehead atoms. The van der Waals surface area contributed by atoms with Crippen LogP contribution < -0.4 is 10.6 Å². The molecule has 1 aliphatic rings. The molecule has 0 aliphatic carbocycles. The zero-order valence-electron chi connectivity index (χ0n) is 10.3. The van der Waals surface area contributed by atoms with Crippen LogP contribution in [0.25, 0.3) is 0 Å². The SMILES string of the molecule is CCOC(=O)[C@@H]1CCC(=O)N1c1cccc(N)c1. The molecular formula is C13H16N2O3. The number of ether oxygens (including phenoxy) is 1. The molecule has 1 aliphatic heterocycles. The summed E-state index contributed by atoms with van der Waals surface area (Å²) in [6, 6.07) is 6.43. The Morgan fingerprint density at radius 1 is 1.56 bits per heavy atom. The summed E-state index contributed by atoms with van der Waals surface area (Å²) >= 11 is 0. The summed E-state index contributed by atoms with van der Waals surface area (Å²) in [7, 11) is 0. The first-order valence-electron chi connectivity index (χ1n) is 5.97. The van der Waals surface area contributed by atoms with E-state index in [1.54, 1.807) is 31.2 Å². The molecule has 2 N–H and O–H groups in total. The molecule has 0 spiro atoms. The van der Waals surface area contributed by atoms with Crippen LogP contribution >= 0.6 is 0 Å². The highest BCUT2D eigenvalue weighted by molar-refractivity contribution is 6.02. The molecule has 0 saturated carbocycles. The molecule has 1 atom stereocenters. The van der Waals surface area contributed by atoms with E-state index in [0.29, 0.717) is 30.8 Å². The van der Waals surface area contributed by atoms with Gasteiger partial charge in [0.2, 0.25) is 5.91 Å². The fraction of sp³-hybridized carbons (Fsp3) is 0.385. The van der Waals surface area contributed by atoms with Gasteiger partial charge in [-0.25, -0.2) is 4.79 Å². The van der Waals surface area contributed by atoms with Crippen LogP contribution in [0.15, 0.2) is 24.3 Å². The van der Waals surface area contributed by atoms with E-state index >= 15 is 0 Å². The Morgan fingerprint density at radius 3 is 3.00 bits per heavy atom. The van der Waals surface area contributed by atoms with Gasteiger partial charge in [0.05, 0.1) is 6.61 Å². The fourth-order valence-corrected chi connectivity index (χ4v) is 2.14. The van der Waals surface area contributed by atoms with Crippen LogP contribution in [0.1, 0.15) is 19.8 Å². The largest absolute Gasteiger partial charge is 0.464 e. The zero-order chi connectivity index (χ0) is 13.1. The van der Waals surface area contributed by atoms with Gasteiger partial charge in [-0.15, -0.1) is 0 Å². The monoisotopic (exact) mass is 248 g/mol. The predicted octanol–water partition coefficient (Wildman–Crippen LogP) is 1.33. The van der Waals surface area contributed by atoms with E-state index in [9.17, 15) is 9.59 Å². The maximum absolute atomic E-state index is 11.9. The normalized spacial score (nSPS) is 19.1. The van der Waals surface area contributed by atoms with Crippen molar-refractivity contribution < 1.29 is 14.3 Å². The van der Waals surface area contributed by atoms with Gasteiger partial charge in [0.1, 0.15) is 6.04 Å². The van der Waals surface area contributed by atoms with Crippen molar-refractivity contribution in [1.82, 2.24) is 0 Å². The smallest absolute Gasteiger partial charge is 0.329 e. The molecule has 96 valence electrons. The van der Waals surface area contributed by atoms with E-state index in [4.69, 9.17) is 10.5 Å². The van der Waals surface area contributed by atoms with E-state index in [-0.39, 0.29) is 11.9 Å². The fourth-order valence-electron chi connectivity index (χ4n) is 2.14. The van der Waals surface area contributed by atoms with Crippen LogP contribution in [-0.2, 0) is 14.3 Å². The van der Waals surface area contributed by atoms with E-state index in [1.807, 2.05) is 0 Å². The van der Waals surface area contributed by atoms with Crippen molar-refractivity contribution in [2.24, 2.45) is 0 Å². The van der Waals surface area contributed by atoms with Gasteiger partial charge in [-0.2, -0.15) is 0 Å². The molecule has 18 heavy (non-hydrogen) atoms. The average Bonchev–Trinajstić information content (AvgIpc) is 2.71. The maximum Gasteiger partial charge on any atom is 0.329 e. The number of amides is 1. The molecule has 5 nitrogen and oxygen atoms in total. The molecule has 1 amide bonds. The zero-order valence-corrected chi connectivity index (χ0v) is 10.3. The van der Waals surface area contributed by atoms with E-state index < -0.39 is 6.04 Å². The van der Waals surface area contributed by atoms with Crippen molar-refractivity contribution in [3.63, 3.8) is 0 Å². The van der Waals surface area contributed by atoms with Gasteiger partial charge in [0.15, 0.2) is 0 Å². The number of carbonyl (C=O) groups is 2. The van der Waals surface area contributed by atoms with Gasteiger partial charge in [-0.05, 0) is 31.5 Å². The Hall–Kier alpha value is -2.04. The lowest BCUT2D eigenvalue weighted by Gasteiger charge is -2.23. The third kappa shape index (κ3) is 2.30. The second kappa shape index (κ2) is 5.08. The van der Waals surface area contributed by atoms with Crippen molar-refractivity contribution >= 4 is 23.3 Å². The lowest BCUT2D eigenvalue weighted by molar-refractivity contribution is -0.144. The van der Waals surface area contributed by atoms with Gasteiger partial charge >= 0.3 is 5.97 Å². The molecule has 1 aromatic rings. The Morgan fingerprint density at radius 2 is 2.33 bits per heavy atom. The van der Waals surface area contributed by atoms with Crippen molar-refractivity contribution in [2.75, 3.05) is 17.2 Å². The third-order valence-corrected chi connectivity index (χ3v) is 2.92. The minimum absolute atomic E-state index is 0.0707. The molecular weight excluding hydrogens is 232 g/mol. The van der Waals surface area contributed by atoms with Crippen molar-refractivity contribution in [3.05, 3.63) is 24.3 Å². The van der Waals surface area contributed by atoms with E-state index in [1.165, 1.54) is 4.90 Å². The summed E-state index contributed by atoms with van der Waals surface area (Å²) < 4.78 is 4.99. The average molecular weight is 248 g/mol. The summed E-state index contributed by atoms with van der Waals surface area (Å²) in [5, 5.41) is 0. The summed E-state index contributed by atoms with van der Waals surface area (Å²) in [6.07, 6.45) is 0.852. The number of anilines is 2. The van der Waals surface area contributed by atoms with Gasteiger partial charge < -0.3 is 10.5 Å². The number of hydrogen-bond donors (Lipinski definition) is 1. The first-order valence-corrected chi connectivity index (χ1v) is 5.97. The lowest BCUT2D eigenvalue weighted by Crippen LogP contribution is -2.39. The van der Waals surface area contributed by atoms with Gasteiger partial charge in [-0.3, -0.25) is 9.69 Å². The highest BCUT2D eigenvalue weighted by atomic mass is 16.5. The molecule has 0 unspecified atom stereocenters. The number of nitrogens with two attached hydrogens (primary N) is 1. The highest BCUT2D eigenvalue weighted by Crippen LogP contribution is 2.28. The minimum Gasteiger partial charge on any atom is -0.464 e. The van der Waals surface area contributed by atoms with Gasteiger partial charge in [-0.1, -0.05) is 6.07 Å². The summed E-state index contributed by atoms with van der Waals surface area (Å²) in [5.41, 5.74) is 6.91. The third-order valence-electron chi connectivity index (χ3n) is 2.92. The first kappa shape index (κ1) is 12.4. The van der Waals surface area contributed by atoms with Crippen molar-refractivity contribution in [3.8, 4) is 0 Å². The standard InChI is InChI=1S/C13H16N2O3/c1-2-18-13(17)11-6-7-12(16)15(11)10-5-3-4-9(14)8-10/h3-5,8,11H,2,6-7,14H2,1H3/t11-/m0/s1. The molecule has 0 radical (unpaired) electrons. The lowest BCUT2D eigenvalue weighted by atomic mass is 10.2. The summed E-state index contributed by atoms with van der Waals surface area (Å²) in [4.78, 5) is 25.2.